The van der Waals surface area contributed by atoms with Crippen LogP contribution in [0.1, 0.15) is 30.5 Å². The van der Waals surface area contributed by atoms with Gasteiger partial charge in [0.15, 0.2) is 17.5 Å². The molecule has 10 aromatic rings. The fraction of sp³-hybridized carbons (Fsp3) is 0.0577. The molecule has 0 bridgehead atoms. The monoisotopic (exact) mass is 743 g/mol. The van der Waals surface area contributed by atoms with E-state index in [1.807, 2.05) is 72.9 Å². The zero-order chi connectivity index (χ0) is 39.0. The molecule has 1 aliphatic rings. The standard InChI is InChI=1S/C52H33N5O/c1-52(2)44-22-21-39-38(14-8-15-42(39)48(44)43-19-17-31(29-53)24-45(43)52)36-25-35(34-12-9-23-54-30-34)26-37(27-36)51-56-49(32-10-4-3-5-11-32)55-50(57-51)33-18-20-41-40-13-6-7-16-46(40)58-47(41)28-33/h3-28,30H,1-2H3. The van der Waals surface area contributed by atoms with Crippen molar-refractivity contribution in [1.82, 2.24) is 19.9 Å². The van der Waals surface area contributed by atoms with Crippen molar-refractivity contribution < 1.29 is 4.42 Å². The van der Waals surface area contributed by atoms with Crippen LogP contribution in [0.3, 0.4) is 0 Å². The third-order valence-electron chi connectivity index (χ3n) is 11.6. The van der Waals surface area contributed by atoms with Crippen LogP contribution in [0.25, 0.3) is 100 Å². The van der Waals surface area contributed by atoms with E-state index in [2.05, 4.69) is 110 Å². The Hall–Kier alpha value is -7.75. The summed E-state index contributed by atoms with van der Waals surface area (Å²) in [6, 6.07) is 54.4. The van der Waals surface area contributed by atoms with Gasteiger partial charge in [-0.1, -0.05) is 111 Å². The molecule has 0 radical (unpaired) electrons. The highest BCUT2D eigenvalue weighted by atomic mass is 16.3. The van der Waals surface area contributed by atoms with Crippen LogP contribution in [-0.4, -0.2) is 19.9 Å². The minimum atomic E-state index is -0.239. The lowest BCUT2D eigenvalue weighted by Gasteiger charge is -2.22. The van der Waals surface area contributed by atoms with Gasteiger partial charge in [0, 0.05) is 50.8 Å². The molecule has 1 aliphatic carbocycles. The predicted molar refractivity (Wildman–Crippen MR) is 232 cm³/mol. The van der Waals surface area contributed by atoms with Gasteiger partial charge in [-0.2, -0.15) is 5.26 Å². The van der Waals surface area contributed by atoms with Crippen LogP contribution in [0.4, 0.5) is 0 Å². The van der Waals surface area contributed by atoms with E-state index in [-0.39, 0.29) is 5.41 Å². The number of fused-ring (bicyclic) bond motifs is 8. The number of rotatable bonds is 5. The summed E-state index contributed by atoms with van der Waals surface area (Å²) in [7, 11) is 0. The first-order valence-corrected chi connectivity index (χ1v) is 19.3. The molecule has 272 valence electrons. The quantitative estimate of drug-likeness (QED) is 0.174. The summed E-state index contributed by atoms with van der Waals surface area (Å²) in [5.74, 6) is 1.70. The van der Waals surface area contributed by atoms with Crippen molar-refractivity contribution in [3.8, 4) is 73.6 Å². The van der Waals surface area contributed by atoms with Crippen molar-refractivity contribution in [3.05, 3.63) is 181 Å². The molecule has 0 saturated heterocycles. The second kappa shape index (κ2) is 12.9. The van der Waals surface area contributed by atoms with Crippen molar-refractivity contribution in [2.45, 2.75) is 19.3 Å². The van der Waals surface area contributed by atoms with E-state index in [1.54, 1.807) is 6.20 Å². The largest absolute Gasteiger partial charge is 0.456 e. The topological polar surface area (TPSA) is 88.5 Å². The molecule has 0 saturated carbocycles. The van der Waals surface area contributed by atoms with Crippen LogP contribution in [-0.2, 0) is 5.41 Å². The van der Waals surface area contributed by atoms with E-state index in [1.165, 1.54) is 27.6 Å². The number of aromatic nitrogens is 4. The van der Waals surface area contributed by atoms with Crippen LogP contribution >= 0.6 is 0 Å². The minimum Gasteiger partial charge on any atom is -0.456 e. The number of hydrogen-bond acceptors (Lipinski definition) is 6. The lowest BCUT2D eigenvalue weighted by Crippen LogP contribution is -2.15. The molecule has 0 atom stereocenters. The molecule has 7 aromatic carbocycles. The zero-order valence-corrected chi connectivity index (χ0v) is 31.7. The summed E-state index contributed by atoms with van der Waals surface area (Å²) in [6.07, 6.45) is 3.69. The van der Waals surface area contributed by atoms with Crippen molar-refractivity contribution in [2.24, 2.45) is 0 Å². The van der Waals surface area contributed by atoms with Crippen LogP contribution in [0.15, 0.2) is 168 Å². The van der Waals surface area contributed by atoms with E-state index in [4.69, 9.17) is 19.4 Å². The predicted octanol–water partition coefficient (Wildman–Crippen LogP) is 12.8. The number of para-hydroxylation sites is 1. The van der Waals surface area contributed by atoms with Crippen LogP contribution in [0.2, 0.25) is 0 Å². The molecule has 58 heavy (non-hydrogen) atoms. The van der Waals surface area contributed by atoms with Gasteiger partial charge in [-0.05, 0) is 104 Å². The Morgan fingerprint density at radius 2 is 1.19 bits per heavy atom. The Balaban J connectivity index is 1.13. The number of benzene rings is 7. The maximum absolute atomic E-state index is 9.74. The summed E-state index contributed by atoms with van der Waals surface area (Å²) in [5.41, 5.74) is 13.6. The second-order valence-electron chi connectivity index (χ2n) is 15.4. The molecule has 0 amide bonds. The molecule has 0 unspecified atom stereocenters. The smallest absolute Gasteiger partial charge is 0.164 e. The lowest BCUT2D eigenvalue weighted by atomic mass is 9.81. The molecular formula is C52H33N5O. The third kappa shape index (κ3) is 5.32. The van der Waals surface area contributed by atoms with E-state index < -0.39 is 0 Å². The Morgan fingerprint density at radius 3 is 2.02 bits per heavy atom. The van der Waals surface area contributed by atoms with E-state index in [0.717, 1.165) is 66.3 Å². The Labute approximate surface area is 334 Å². The van der Waals surface area contributed by atoms with Crippen molar-refractivity contribution >= 4 is 32.7 Å². The number of furan rings is 1. The second-order valence-corrected chi connectivity index (χ2v) is 15.4. The molecule has 11 rings (SSSR count). The first-order valence-electron chi connectivity index (χ1n) is 19.3. The Kier molecular flexibility index (Phi) is 7.47. The molecule has 0 aliphatic heterocycles. The lowest BCUT2D eigenvalue weighted by molar-refractivity contribution is 0.660. The van der Waals surface area contributed by atoms with Gasteiger partial charge >= 0.3 is 0 Å². The Bertz CT molecular complexity index is 3320. The zero-order valence-electron chi connectivity index (χ0n) is 31.7. The molecular weight excluding hydrogens is 711 g/mol. The van der Waals surface area contributed by atoms with Gasteiger partial charge in [0.2, 0.25) is 0 Å². The summed E-state index contributed by atoms with van der Waals surface area (Å²) in [5, 5.41) is 14.2. The van der Waals surface area contributed by atoms with Gasteiger partial charge in [-0.25, -0.2) is 15.0 Å². The SMILES string of the molecule is CC1(C)c2cc(C#N)ccc2-c2c1ccc1c(-c3cc(-c4cccnc4)cc(-c4nc(-c5ccccc5)nc(-c5ccc6c(c5)oc5ccccc56)n4)c3)cccc21. The first-order chi connectivity index (χ1) is 28.4. The van der Waals surface area contributed by atoms with Crippen LogP contribution < -0.4 is 0 Å². The Morgan fingerprint density at radius 1 is 0.483 bits per heavy atom. The van der Waals surface area contributed by atoms with Gasteiger partial charge in [0.1, 0.15) is 11.2 Å². The van der Waals surface area contributed by atoms with Gasteiger partial charge in [-0.15, -0.1) is 0 Å². The molecule has 6 nitrogen and oxygen atoms in total. The van der Waals surface area contributed by atoms with Crippen molar-refractivity contribution in [1.29, 1.82) is 5.26 Å². The fourth-order valence-electron chi connectivity index (χ4n) is 8.74. The third-order valence-corrected chi connectivity index (χ3v) is 11.6. The molecule has 0 fully saturated rings. The van der Waals surface area contributed by atoms with Gasteiger partial charge in [0.05, 0.1) is 11.6 Å². The van der Waals surface area contributed by atoms with Crippen molar-refractivity contribution in [2.75, 3.05) is 0 Å². The molecule has 3 aromatic heterocycles. The highest BCUT2D eigenvalue weighted by Gasteiger charge is 2.36. The average molecular weight is 744 g/mol. The summed E-state index contributed by atoms with van der Waals surface area (Å²) >= 11 is 0. The molecule has 0 N–H and O–H groups in total. The maximum Gasteiger partial charge on any atom is 0.164 e. The van der Waals surface area contributed by atoms with Crippen LogP contribution in [0.5, 0.6) is 0 Å². The minimum absolute atomic E-state index is 0.239. The maximum atomic E-state index is 9.74. The van der Waals surface area contributed by atoms with Crippen molar-refractivity contribution in [3.63, 3.8) is 0 Å². The fourth-order valence-corrected chi connectivity index (χ4v) is 8.74. The average Bonchev–Trinajstić information content (AvgIpc) is 3.77. The summed E-state index contributed by atoms with van der Waals surface area (Å²) in [4.78, 5) is 19.9. The first kappa shape index (κ1) is 33.6. The highest BCUT2D eigenvalue weighted by molar-refractivity contribution is 6.09. The molecule has 6 heteroatoms. The normalized spacial score (nSPS) is 12.8. The summed E-state index contributed by atoms with van der Waals surface area (Å²) in [6.45, 7) is 4.50. The molecule has 3 heterocycles. The number of pyridine rings is 1. The van der Waals surface area contributed by atoms with Gasteiger partial charge in [-0.3, -0.25) is 4.98 Å². The highest BCUT2D eigenvalue weighted by Crippen LogP contribution is 2.52. The summed E-state index contributed by atoms with van der Waals surface area (Å²) < 4.78 is 6.29. The number of hydrogen-bond donors (Lipinski definition) is 0. The van der Waals surface area contributed by atoms with Gasteiger partial charge in [0.25, 0.3) is 0 Å². The number of nitrogens with zero attached hydrogens (tertiary/aromatic N) is 5. The number of nitriles is 1. The molecule has 0 spiro atoms. The van der Waals surface area contributed by atoms with E-state index >= 15 is 0 Å². The van der Waals surface area contributed by atoms with E-state index in [0.29, 0.717) is 23.0 Å². The van der Waals surface area contributed by atoms with E-state index in [9.17, 15) is 5.26 Å². The van der Waals surface area contributed by atoms with Gasteiger partial charge < -0.3 is 4.42 Å². The van der Waals surface area contributed by atoms with Crippen LogP contribution in [0, 0.1) is 11.3 Å².